The monoisotopic (exact) mass is 739 g/mol. The molecule has 0 aliphatic carbocycles. The lowest BCUT2D eigenvalue weighted by Crippen LogP contribution is -2.44. The van der Waals surface area contributed by atoms with Crippen molar-refractivity contribution in [3.8, 4) is 0 Å². The third-order valence-corrected chi connectivity index (χ3v) is 8.32. The number of halogens is 1. The van der Waals surface area contributed by atoms with Crippen LogP contribution in [0.5, 0.6) is 0 Å². The molecule has 14 nitrogen and oxygen atoms in total. The SMILES string of the molecule is CC1CCC(C(O)C(O)C2CCC(C)O2)O1.CF.Cc1ccc(C(=O)C(O)c2ccc(C)o2)o1.O=C(c1ccc(CO)o1)C(O)c1ccc(CO)o1.[2HH]. The smallest absolute Gasteiger partial charge is 0.234 e. The predicted molar refractivity (Wildman–Crippen MR) is 183 cm³/mol. The number of aliphatic hydroxyl groups is 6. The van der Waals surface area contributed by atoms with Crippen LogP contribution in [0.15, 0.2) is 66.2 Å². The Morgan fingerprint density at radius 1 is 0.635 bits per heavy atom. The van der Waals surface area contributed by atoms with E-state index in [-0.39, 0.29) is 73.6 Å². The van der Waals surface area contributed by atoms with Crippen molar-refractivity contribution in [2.24, 2.45) is 0 Å². The molecule has 2 saturated heterocycles. The van der Waals surface area contributed by atoms with Gasteiger partial charge in [0.25, 0.3) is 0 Å². The molecular formula is C37H51FO14. The number of alkyl halides is 1. The van der Waals surface area contributed by atoms with E-state index in [4.69, 9.17) is 37.4 Å². The summed E-state index contributed by atoms with van der Waals surface area (Å²) in [6, 6.07) is 12.2. The highest BCUT2D eigenvalue weighted by molar-refractivity contribution is 5.97. The maximum absolute atomic E-state index is 11.8. The maximum Gasteiger partial charge on any atom is 0.234 e. The summed E-state index contributed by atoms with van der Waals surface area (Å²) in [6.07, 6.45) is -0.974. The van der Waals surface area contributed by atoms with Gasteiger partial charge in [-0.3, -0.25) is 14.0 Å². The topological polar surface area (TPSA) is 227 Å². The molecule has 6 heterocycles. The first-order chi connectivity index (χ1) is 24.8. The van der Waals surface area contributed by atoms with Crippen molar-refractivity contribution < 1.29 is 73.2 Å². The van der Waals surface area contributed by atoms with E-state index in [9.17, 15) is 34.4 Å². The second kappa shape index (κ2) is 20.3. The van der Waals surface area contributed by atoms with Gasteiger partial charge in [-0.1, -0.05) is 0 Å². The summed E-state index contributed by atoms with van der Waals surface area (Å²) in [5, 5.41) is 57.2. The molecule has 4 aromatic heterocycles. The molecule has 15 heteroatoms. The lowest BCUT2D eigenvalue weighted by Gasteiger charge is -2.27. The van der Waals surface area contributed by atoms with Crippen LogP contribution in [0.25, 0.3) is 0 Å². The largest absolute Gasteiger partial charge is 0.463 e. The summed E-state index contributed by atoms with van der Waals surface area (Å²) in [7, 11) is 0.500. The van der Waals surface area contributed by atoms with E-state index in [0.717, 1.165) is 25.7 Å². The number of aliphatic hydroxyl groups excluding tert-OH is 6. The van der Waals surface area contributed by atoms with E-state index in [1.165, 1.54) is 30.3 Å². The van der Waals surface area contributed by atoms with Crippen molar-refractivity contribution in [3.05, 3.63) is 94.6 Å². The zero-order valence-corrected chi connectivity index (χ0v) is 29.8. The van der Waals surface area contributed by atoms with Crippen molar-refractivity contribution in [3.63, 3.8) is 0 Å². The Hall–Kier alpha value is -3.93. The number of furan rings is 4. The van der Waals surface area contributed by atoms with Crippen LogP contribution >= 0.6 is 0 Å². The van der Waals surface area contributed by atoms with Gasteiger partial charge < -0.3 is 57.8 Å². The highest BCUT2D eigenvalue weighted by Gasteiger charge is 2.39. The Balaban J connectivity index is 0.000000267. The number of carbonyl (C=O) groups excluding carboxylic acids is 2. The average Bonchev–Trinajstić information content (AvgIpc) is 4.01. The van der Waals surface area contributed by atoms with Crippen LogP contribution in [0, 0.1) is 13.8 Å². The first-order valence-corrected chi connectivity index (χ1v) is 16.8. The van der Waals surface area contributed by atoms with Crippen LogP contribution in [-0.4, -0.2) is 86.0 Å². The van der Waals surface area contributed by atoms with Crippen molar-refractivity contribution in [2.45, 2.75) is 115 Å². The Bertz CT molecular complexity index is 1640. The first-order valence-electron chi connectivity index (χ1n) is 16.8. The molecule has 6 rings (SSSR count). The van der Waals surface area contributed by atoms with Crippen molar-refractivity contribution in [1.82, 2.24) is 0 Å². The van der Waals surface area contributed by atoms with Crippen LogP contribution in [0.2, 0.25) is 0 Å². The Morgan fingerprint density at radius 2 is 1.04 bits per heavy atom. The summed E-state index contributed by atoms with van der Waals surface area (Å²) in [4.78, 5) is 23.6. The number of ether oxygens (including phenoxy) is 2. The molecule has 6 N–H and O–H groups in total. The Labute approximate surface area is 301 Å². The first kappa shape index (κ1) is 42.5. The summed E-state index contributed by atoms with van der Waals surface area (Å²) >= 11 is 0. The fourth-order valence-electron chi connectivity index (χ4n) is 5.53. The lowest BCUT2D eigenvalue weighted by atomic mass is 9.99. The van der Waals surface area contributed by atoms with E-state index in [1.54, 1.807) is 32.0 Å². The standard InChI is InChI=1S/C12H12O6.C12H22O4.C12H12O4.CH3F.H2/c13-5-7-1-3-9(17-7)11(15)12(16)10-4-2-8(6-14)18-10;2*1-7-3-5-9(15-7)11(13)12(14)10-6-4-8(2)16-10;1-2;/h1-4,11,13-15H,5-6H2;7-14H,3-6H2,1-2H3;3-6,11,13H,1-2H3;1H3;1H/i;;;;1+1. The van der Waals surface area contributed by atoms with Gasteiger partial charge in [0.1, 0.15) is 60.0 Å². The van der Waals surface area contributed by atoms with Crippen LogP contribution in [-0.2, 0) is 22.7 Å². The molecule has 8 unspecified atom stereocenters. The molecule has 2 aliphatic heterocycles. The molecule has 2 aliphatic rings. The van der Waals surface area contributed by atoms with Gasteiger partial charge in [0.15, 0.2) is 23.7 Å². The quantitative estimate of drug-likeness (QED) is 0.113. The minimum Gasteiger partial charge on any atom is -0.463 e. The summed E-state index contributed by atoms with van der Waals surface area (Å²) < 4.78 is 41.0. The average molecular weight is 740 g/mol. The number of hydrogen-bond acceptors (Lipinski definition) is 14. The number of rotatable bonds is 11. The molecule has 0 bridgehead atoms. The molecule has 0 radical (unpaired) electrons. The molecule has 4 aromatic rings. The molecule has 8 atom stereocenters. The predicted octanol–water partition coefficient (Wildman–Crippen LogP) is 4.85. The van der Waals surface area contributed by atoms with Gasteiger partial charge in [0, 0.05) is 1.43 Å². The van der Waals surface area contributed by atoms with Gasteiger partial charge in [-0.25, -0.2) is 0 Å². The van der Waals surface area contributed by atoms with E-state index < -0.39 is 36.0 Å². The van der Waals surface area contributed by atoms with E-state index in [2.05, 4.69) is 0 Å². The van der Waals surface area contributed by atoms with Gasteiger partial charge in [-0.05, 0) is 102 Å². The molecular weight excluding hydrogens is 687 g/mol. The van der Waals surface area contributed by atoms with Gasteiger partial charge in [-0.15, -0.1) is 0 Å². The third-order valence-electron chi connectivity index (χ3n) is 8.32. The summed E-state index contributed by atoms with van der Waals surface area (Å²) in [5.41, 5.74) is 0. The molecule has 52 heavy (non-hydrogen) atoms. The molecule has 0 spiro atoms. The lowest BCUT2D eigenvalue weighted by molar-refractivity contribution is -0.127. The highest BCUT2D eigenvalue weighted by atomic mass is 19.1. The minimum atomic E-state index is -1.50. The molecule has 0 saturated carbocycles. The van der Waals surface area contributed by atoms with Crippen LogP contribution in [0.3, 0.4) is 0 Å². The summed E-state index contributed by atoms with van der Waals surface area (Å²) in [5.74, 6) is 0.947. The molecule has 2 fully saturated rings. The fourth-order valence-corrected chi connectivity index (χ4v) is 5.53. The highest BCUT2D eigenvalue weighted by Crippen LogP contribution is 2.29. The number of ketones is 2. The van der Waals surface area contributed by atoms with Crippen molar-refractivity contribution in [1.29, 1.82) is 0 Å². The normalized spacial score (nSPS) is 21.8. The summed E-state index contributed by atoms with van der Waals surface area (Å²) in [6.45, 7) is 6.84. The molecule has 0 amide bonds. The van der Waals surface area contributed by atoms with Crippen LogP contribution in [0.4, 0.5) is 4.39 Å². The fraction of sp³-hybridized carbons (Fsp3) is 0.514. The van der Waals surface area contributed by atoms with E-state index in [1.807, 2.05) is 13.8 Å². The van der Waals surface area contributed by atoms with Crippen molar-refractivity contribution >= 4 is 11.6 Å². The zero-order chi connectivity index (χ0) is 38.5. The molecule has 0 aromatic carbocycles. The second-order valence-corrected chi connectivity index (χ2v) is 12.4. The van der Waals surface area contributed by atoms with Gasteiger partial charge in [0.2, 0.25) is 11.6 Å². The van der Waals surface area contributed by atoms with Crippen molar-refractivity contribution in [2.75, 3.05) is 7.18 Å². The molecule has 290 valence electrons. The Morgan fingerprint density at radius 3 is 1.42 bits per heavy atom. The number of Topliss-reactive ketones (excluding diaryl/α,β-unsaturated/α-hetero) is 2. The number of aryl methyl sites for hydroxylation is 2. The minimum absolute atomic E-state index is 0. The number of carbonyl (C=O) groups is 2. The van der Waals surface area contributed by atoms with E-state index in [0.29, 0.717) is 18.7 Å². The van der Waals surface area contributed by atoms with Crippen LogP contribution in [0.1, 0.15) is 109 Å². The second-order valence-electron chi connectivity index (χ2n) is 12.4. The van der Waals surface area contributed by atoms with Gasteiger partial charge in [-0.2, -0.15) is 0 Å². The Kier molecular flexibility index (Phi) is 16.6. The van der Waals surface area contributed by atoms with E-state index >= 15 is 0 Å². The van der Waals surface area contributed by atoms with Gasteiger partial charge in [0.05, 0.1) is 31.6 Å². The van der Waals surface area contributed by atoms with Crippen LogP contribution < -0.4 is 0 Å². The number of hydrogen-bond donors (Lipinski definition) is 6. The maximum atomic E-state index is 11.8. The third kappa shape index (κ3) is 11.5. The van der Waals surface area contributed by atoms with Gasteiger partial charge >= 0.3 is 0 Å². The zero-order valence-electron chi connectivity index (χ0n) is 29.8.